The molecule has 3 heterocycles. The van der Waals surface area contributed by atoms with Gasteiger partial charge in [-0.25, -0.2) is 0 Å². The lowest BCUT2D eigenvalue weighted by atomic mass is 10.0. The van der Waals surface area contributed by atoms with Crippen LogP contribution >= 0.6 is 0 Å². The molecule has 0 aromatic rings. The Balaban J connectivity index is 0.00000144. The minimum absolute atomic E-state index is 0. The van der Waals surface area contributed by atoms with Crippen LogP contribution in [0.3, 0.4) is 0 Å². The Kier molecular flexibility index (Phi) is 9.49. The molecule has 0 aromatic carbocycles. The van der Waals surface area contributed by atoms with E-state index in [0.717, 1.165) is 17.8 Å². The zero-order valence-corrected chi connectivity index (χ0v) is 16.6. The van der Waals surface area contributed by atoms with Crippen molar-refractivity contribution in [2.45, 2.75) is 59.3 Å². The summed E-state index contributed by atoms with van der Waals surface area (Å²) in [7, 11) is 0. The van der Waals surface area contributed by atoms with Gasteiger partial charge in [-0.2, -0.15) is 0 Å². The fourth-order valence-electron chi connectivity index (χ4n) is 3.93. The molecule has 144 valence electrons. The van der Waals surface area contributed by atoms with Crippen molar-refractivity contribution in [1.82, 2.24) is 12.9 Å². The molecule has 3 saturated heterocycles. The summed E-state index contributed by atoms with van der Waals surface area (Å²) in [5.41, 5.74) is 0. The summed E-state index contributed by atoms with van der Waals surface area (Å²) in [6.45, 7) is 15.2. The van der Waals surface area contributed by atoms with Crippen LogP contribution in [-0.2, 0) is 11.5 Å². The molecule has 3 aliphatic heterocycles. The van der Waals surface area contributed by atoms with Gasteiger partial charge >= 0.3 is 0 Å². The molecule has 0 unspecified atom stereocenters. The second kappa shape index (κ2) is 10.3. The number of hydrogen-bond acceptors (Lipinski definition) is 3. The molecule has 0 atom stereocenters. The molecule has 24 heavy (non-hydrogen) atoms. The Morgan fingerprint density at radius 3 is 0.917 bits per heavy atom. The van der Waals surface area contributed by atoms with Crippen LogP contribution in [0.1, 0.15) is 59.3 Å². The molecule has 3 rings (SSSR count). The maximum atomic E-state index is 2.84. The van der Waals surface area contributed by atoms with E-state index in [1.165, 1.54) is 77.8 Å². The van der Waals surface area contributed by atoms with Crippen molar-refractivity contribution in [1.29, 1.82) is 0 Å². The molecule has 3 fully saturated rings. The van der Waals surface area contributed by atoms with E-state index >= 15 is 0 Å². The third kappa shape index (κ3) is 5.55. The van der Waals surface area contributed by atoms with E-state index in [4.69, 9.17) is 0 Å². The van der Waals surface area contributed by atoms with Crippen LogP contribution in [0.5, 0.6) is 0 Å². The van der Waals surface area contributed by atoms with Gasteiger partial charge in [0.25, 0.3) is 11.5 Å². The topological polar surface area (TPSA) is 9.72 Å². The second-order valence-corrected chi connectivity index (χ2v) is 10.1. The first kappa shape index (κ1) is 22.1. The second-order valence-electron chi connectivity index (χ2n) is 8.08. The van der Waals surface area contributed by atoms with E-state index in [1.807, 2.05) is 0 Å². The molecule has 0 aliphatic carbocycles. The predicted molar refractivity (Wildman–Crippen MR) is 102 cm³/mol. The van der Waals surface area contributed by atoms with E-state index in [2.05, 4.69) is 33.7 Å². The molecule has 0 spiro atoms. The minimum atomic E-state index is 0. The summed E-state index contributed by atoms with van der Waals surface area (Å²) in [6.07, 6.45) is 8.40. The van der Waals surface area contributed by atoms with Crippen molar-refractivity contribution in [3.8, 4) is 0 Å². The molecule has 0 aromatic heterocycles. The molecular formula is C18H38F2N3S+. The van der Waals surface area contributed by atoms with Gasteiger partial charge in [0, 0.05) is 39.3 Å². The highest BCUT2D eigenvalue weighted by Crippen LogP contribution is 2.31. The Morgan fingerprint density at radius 2 is 0.708 bits per heavy atom. The van der Waals surface area contributed by atoms with Crippen LogP contribution in [0.15, 0.2) is 0 Å². The summed E-state index contributed by atoms with van der Waals surface area (Å²) in [6, 6.07) is 0. The van der Waals surface area contributed by atoms with Crippen molar-refractivity contribution >= 4 is 11.5 Å². The Morgan fingerprint density at radius 1 is 0.500 bits per heavy atom. The van der Waals surface area contributed by atoms with Gasteiger partial charge in [-0.05, 0) is 56.3 Å². The van der Waals surface area contributed by atoms with E-state index < -0.39 is 0 Å². The molecule has 0 N–H and O–H groups in total. The van der Waals surface area contributed by atoms with Gasteiger partial charge in [-0.1, -0.05) is 33.7 Å². The van der Waals surface area contributed by atoms with Crippen molar-refractivity contribution in [3.63, 3.8) is 0 Å². The molecule has 0 amide bonds. The van der Waals surface area contributed by atoms with Crippen molar-refractivity contribution in [2.75, 3.05) is 39.3 Å². The van der Waals surface area contributed by atoms with Gasteiger partial charge in [0.1, 0.15) is 0 Å². The molecular weight excluding hydrogens is 328 g/mol. The highest BCUT2D eigenvalue weighted by Gasteiger charge is 2.46. The Bertz CT molecular complexity index is 285. The van der Waals surface area contributed by atoms with Crippen LogP contribution in [0.2, 0.25) is 0 Å². The van der Waals surface area contributed by atoms with Crippen LogP contribution in [0.25, 0.3) is 0 Å². The highest BCUT2D eigenvalue weighted by molar-refractivity contribution is 7.90. The third-order valence-electron chi connectivity index (χ3n) is 5.92. The molecule has 3 nitrogen and oxygen atoms in total. The number of hydrogen-bond donors (Lipinski definition) is 0. The summed E-state index contributed by atoms with van der Waals surface area (Å²) < 4.78 is 8.52. The molecule has 0 saturated carbocycles. The summed E-state index contributed by atoms with van der Waals surface area (Å²) in [4.78, 5) is 0. The quantitative estimate of drug-likeness (QED) is 0.703. The van der Waals surface area contributed by atoms with E-state index in [9.17, 15) is 0 Å². The molecule has 0 radical (unpaired) electrons. The summed E-state index contributed by atoms with van der Waals surface area (Å²) in [5, 5.41) is 0. The van der Waals surface area contributed by atoms with E-state index in [0.29, 0.717) is 0 Å². The van der Waals surface area contributed by atoms with Gasteiger partial charge in [0.05, 0.1) is 0 Å². The Labute approximate surface area is 150 Å². The lowest BCUT2D eigenvalue weighted by molar-refractivity contribution is 0.221. The van der Waals surface area contributed by atoms with Crippen LogP contribution in [-0.4, -0.2) is 52.2 Å². The zero-order chi connectivity index (χ0) is 15.5. The first-order valence-electron chi connectivity index (χ1n) is 9.63. The average molecular weight is 367 g/mol. The van der Waals surface area contributed by atoms with Gasteiger partial charge in [-0.15, -0.1) is 0 Å². The first-order valence-corrected chi connectivity index (χ1v) is 10.7. The predicted octanol–water partition coefficient (Wildman–Crippen LogP) is 3.85. The minimum Gasteiger partial charge on any atom is -0.269 e. The van der Waals surface area contributed by atoms with Crippen LogP contribution in [0.4, 0.5) is 9.41 Å². The fraction of sp³-hybridized carbons (Fsp3) is 1.00. The lowest BCUT2D eigenvalue weighted by Gasteiger charge is -2.40. The molecule has 0 bridgehead atoms. The third-order valence-corrected chi connectivity index (χ3v) is 8.40. The first-order chi connectivity index (χ1) is 10.6. The van der Waals surface area contributed by atoms with Gasteiger partial charge in [0.15, 0.2) is 0 Å². The zero-order valence-electron chi connectivity index (χ0n) is 15.8. The van der Waals surface area contributed by atoms with Gasteiger partial charge < -0.3 is 0 Å². The standard InChI is InChI=1S/C18H36N3S.2FH/c1-16-4-10-19(11-5-16)22(20-12-6-17(2)7-13-20)21-14-8-18(3)9-15-21;;/h16-18H,4-15H2,1-3H3;2*1H/q+1;;. The smallest absolute Gasteiger partial charge is 0.268 e. The van der Waals surface area contributed by atoms with Crippen molar-refractivity contribution in [3.05, 3.63) is 0 Å². The highest BCUT2D eigenvalue weighted by atomic mass is 32.2. The number of rotatable bonds is 3. The monoisotopic (exact) mass is 366 g/mol. The van der Waals surface area contributed by atoms with Gasteiger partial charge in [-0.3, -0.25) is 9.41 Å². The normalized spacial score (nSPS) is 27.0. The van der Waals surface area contributed by atoms with Crippen molar-refractivity contribution in [2.24, 2.45) is 17.8 Å². The lowest BCUT2D eigenvalue weighted by Crippen LogP contribution is -2.58. The van der Waals surface area contributed by atoms with Crippen LogP contribution < -0.4 is 0 Å². The van der Waals surface area contributed by atoms with E-state index in [-0.39, 0.29) is 20.9 Å². The van der Waals surface area contributed by atoms with Gasteiger partial charge in [0.2, 0.25) is 0 Å². The van der Waals surface area contributed by atoms with Crippen LogP contribution in [0, 0.1) is 17.8 Å². The number of nitrogens with zero attached hydrogens (tertiary/aromatic N) is 3. The number of halogens is 2. The largest absolute Gasteiger partial charge is 0.269 e. The molecule has 3 aliphatic rings. The number of piperidine rings is 3. The molecule has 6 heteroatoms. The van der Waals surface area contributed by atoms with E-state index in [1.54, 1.807) is 0 Å². The Hall–Kier alpha value is 0.0900. The maximum absolute atomic E-state index is 2.84. The maximum Gasteiger partial charge on any atom is 0.268 e. The summed E-state index contributed by atoms with van der Waals surface area (Å²) in [5.74, 6) is 2.80. The SMILES string of the molecule is CC1CCN([S+](N2CCC(C)CC2)N2CCC(C)CC2)CC1.F.F. The van der Waals surface area contributed by atoms with Crippen molar-refractivity contribution < 1.29 is 9.41 Å². The summed E-state index contributed by atoms with van der Waals surface area (Å²) >= 11 is 0.271. The average Bonchev–Trinajstić information content (AvgIpc) is 2.53. The fourth-order valence-corrected chi connectivity index (χ4v) is 6.53.